The first-order valence-corrected chi connectivity index (χ1v) is 11.0. The Balaban J connectivity index is 1.67. The van der Waals surface area contributed by atoms with E-state index in [-0.39, 0.29) is 17.6 Å². The summed E-state index contributed by atoms with van der Waals surface area (Å²) in [5.74, 6) is 0.536. The van der Waals surface area contributed by atoms with Crippen LogP contribution in [0.25, 0.3) is 10.9 Å². The summed E-state index contributed by atoms with van der Waals surface area (Å²) >= 11 is 0. The summed E-state index contributed by atoms with van der Waals surface area (Å²) in [5, 5.41) is 20.3. The number of nitrogens with zero attached hydrogens (tertiary/aromatic N) is 3. The van der Waals surface area contributed by atoms with Crippen molar-refractivity contribution in [3.8, 4) is 5.88 Å². The van der Waals surface area contributed by atoms with Gasteiger partial charge in [-0.05, 0) is 37.1 Å². The summed E-state index contributed by atoms with van der Waals surface area (Å²) in [4.78, 5) is 12.7. The molecule has 5 aromatic rings. The molecule has 6 heteroatoms. The Hall–Kier alpha value is -4.45. The number of hydrogen-bond donors (Lipinski definition) is 1. The van der Waals surface area contributed by atoms with Crippen molar-refractivity contribution in [1.82, 2.24) is 4.57 Å². The summed E-state index contributed by atoms with van der Waals surface area (Å²) in [7, 11) is 0. The third-order valence-electron chi connectivity index (χ3n) is 5.86. The van der Waals surface area contributed by atoms with E-state index in [2.05, 4.69) is 10.2 Å². The Labute approximate surface area is 196 Å². The van der Waals surface area contributed by atoms with Crippen LogP contribution in [0.3, 0.4) is 0 Å². The summed E-state index contributed by atoms with van der Waals surface area (Å²) in [6.45, 7) is 3.48. The Morgan fingerprint density at radius 3 is 2.06 bits per heavy atom. The van der Waals surface area contributed by atoms with Crippen LogP contribution in [0.4, 0.5) is 5.69 Å². The van der Waals surface area contributed by atoms with Crippen LogP contribution in [0, 0.1) is 13.8 Å². The van der Waals surface area contributed by atoms with E-state index < -0.39 is 5.91 Å². The fourth-order valence-electron chi connectivity index (χ4n) is 4.35. The normalized spacial score (nSPS) is 11.6. The van der Waals surface area contributed by atoms with E-state index in [1.807, 2.05) is 89.5 Å². The first kappa shape index (κ1) is 21.4. The average molecular weight is 450 g/mol. The second kappa shape index (κ2) is 8.83. The van der Waals surface area contributed by atoms with Gasteiger partial charge in [-0.15, -0.1) is 10.2 Å². The van der Waals surface area contributed by atoms with E-state index >= 15 is 0 Å². The fourth-order valence-corrected chi connectivity index (χ4v) is 4.35. The van der Waals surface area contributed by atoms with Gasteiger partial charge in [0.15, 0.2) is 5.69 Å². The Morgan fingerprint density at radius 2 is 1.47 bits per heavy atom. The van der Waals surface area contributed by atoms with Crippen LogP contribution in [-0.2, 0) is 0 Å². The smallest absolute Gasteiger partial charge is 0.298 e. The molecule has 0 unspecified atom stereocenters. The fraction of sp³-hybridized carbons (Fsp3) is 0.107. The molecule has 3 aromatic carbocycles. The Kier molecular flexibility index (Phi) is 5.55. The van der Waals surface area contributed by atoms with Gasteiger partial charge in [-0.25, -0.2) is 0 Å². The maximum absolute atomic E-state index is 12.7. The van der Waals surface area contributed by atoms with Gasteiger partial charge in [0.2, 0.25) is 5.88 Å². The number of carbonyl (C=O) groups excluding carboxylic acids is 1. The van der Waals surface area contributed by atoms with Crippen molar-refractivity contribution in [2.45, 2.75) is 19.9 Å². The molecule has 0 atom stereocenters. The predicted octanol–water partition coefficient (Wildman–Crippen LogP) is 7.12. The highest BCUT2D eigenvalue weighted by atomic mass is 16.3. The number of hydrogen-bond acceptors (Lipinski definition) is 4. The molecule has 0 spiro atoms. The van der Waals surface area contributed by atoms with E-state index in [0.29, 0.717) is 22.5 Å². The topological polar surface area (TPSA) is 80.1 Å². The molecule has 0 aliphatic carbocycles. The number of fused-ring (bicyclic) bond motifs is 1. The zero-order chi connectivity index (χ0) is 23.7. The van der Waals surface area contributed by atoms with Gasteiger partial charge in [0, 0.05) is 5.39 Å². The van der Waals surface area contributed by atoms with E-state index in [4.69, 9.17) is 4.42 Å². The molecule has 0 radical (unpaired) electrons. The summed E-state index contributed by atoms with van der Waals surface area (Å²) in [6.07, 6.45) is 0. The largest absolute Gasteiger partial charge is 0.493 e. The predicted molar refractivity (Wildman–Crippen MR) is 131 cm³/mol. The number of rotatable bonds is 5. The van der Waals surface area contributed by atoms with Gasteiger partial charge in [0.1, 0.15) is 11.5 Å². The van der Waals surface area contributed by atoms with Crippen LogP contribution in [-0.4, -0.2) is 15.6 Å². The van der Waals surface area contributed by atoms with E-state index in [9.17, 15) is 9.90 Å². The highest BCUT2D eigenvalue weighted by Crippen LogP contribution is 2.44. The van der Waals surface area contributed by atoms with Crippen molar-refractivity contribution in [2.75, 3.05) is 0 Å². The molecule has 6 nitrogen and oxygen atoms in total. The number of amides is 1. The third kappa shape index (κ3) is 3.79. The van der Waals surface area contributed by atoms with Crippen LogP contribution in [0.15, 0.2) is 106 Å². The highest BCUT2D eigenvalue weighted by Gasteiger charge is 2.25. The molecule has 2 heterocycles. The van der Waals surface area contributed by atoms with Gasteiger partial charge in [-0.3, -0.25) is 9.36 Å². The number of aromatic nitrogens is 1. The van der Waals surface area contributed by atoms with Crippen molar-refractivity contribution in [3.63, 3.8) is 0 Å². The number of para-hydroxylation sites is 1. The van der Waals surface area contributed by atoms with Crippen molar-refractivity contribution in [2.24, 2.45) is 10.2 Å². The third-order valence-corrected chi connectivity index (χ3v) is 5.86. The molecule has 5 rings (SSSR count). The van der Waals surface area contributed by atoms with Crippen LogP contribution >= 0.6 is 0 Å². The molecular weight excluding hydrogens is 426 g/mol. The molecule has 168 valence electrons. The molecule has 0 aliphatic rings. The number of benzene rings is 3. The minimum Gasteiger partial charge on any atom is -0.493 e. The number of azo groups is 1. The van der Waals surface area contributed by atoms with Crippen molar-refractivity contribution >= 4 is 22.5 Å². The number of aryl methyl sites for hydroxylation is 2. The molecule has 0 aliphatic heterocycles. The molecule has 1 amide bonds. The minimum absolute atomic E-state index is 0.0597. The first-order valence-electron chi connectivity index (χ1n) is 11.0. The van der Waals surface area contributed by atoms with Crippen molar-refractivity contribution < 1.29 is 14.3 Å². The molecule has 1 N–H and O–H groups in total. The second-order valence-corrected chi connectivity index (χ2v) is 8.12. The van der Waals surface area contributed by atoms with Crippen LogP contribution in [0.2, 0.25) is 0 Å². The van der Waals surface area contributed by atoms with Crippen LogP contribution in [0.1, 0.15) is 39.0 Å². The standard InChI is InChI=1S/C28H23N3O3/c1-18-17-23(19(2)34-18)27(32)30-29-25-22-15-9-10-16-24(22)31(28(25)33)26(20-11-5-3-6-12-20)21-13-7-4-8-14-21/h3-17,26,33H,1-2H3. The Morgan fingerprint density at radius 1 is 0.882 bits per heavy atom. The Bertz CT molecular complexity index is 1460. The lowest BCUT2D eigenvalue weighted by Crippen LogP contribution is -2.11. The average Bonchev–Trinajstić information content (AvgIpc) is 3.34. The summed E-state index contributed by atoms with van der Waals surface area (Å²) < 4.78 is 7.28. The maximum Gasteiger partial charge on any atom is 0.298 e. The lowest BCUT2D eigenvalue weighted by Gasteiger charge is -2.22. The molecule has 2 aromatic heterocycles. The van der Waals surface area contributed by atoms with Gasteiger partial charge < -0.3 is 9.52 Å². The molecule has 0 saturated carbocycles. The number of aromatic hydroxyl groups is 1. The molecule has 0 bridgehead atoms. The zero-order valence-electron chi connectivity index (χ0n) is 18.8. The number of carbonyl (C=O) groups is 1. The minimum atomic E-state index is -0.520. The lowest BCUT2D eigenvalue weighted by atomic mass is 9.98. The summed E-state index contributed by atoms with van der Waals surface area (Å²) in [6, 6.07) is 28.9. The van der Waals surface area contributed by atoms with Crippen LogP contribution < -0.4 is 0 Å². The van der Waals surface area contributed by atoms with Crippen molar-refractivity contribution in [3.05, 3.63) is 119 Å². The lowest BCUT2D eigenvalue weighted by molar-refractivity contribution is 0.0993. The SMILES string of the molecule is Cc1cc(C(=O)N=Nc2c(O)n(C(c3ccccc3)c3ccccc3)c3ccccc23)c(C)o1. The van der Waals surface area contributed by atoms with E-state index in [1.165, 1.54) is 0 Å². The first-order chi connectivity index (χ1) is 16.5. The maximum atomic E-state index is 12.7. The van der Waals surface area contributed by atoms with E-state index in [0.717, 1.165) is 16.6 Å². The monoisotopic (exact) mass is 449 g/mol. The van der Waals surface area contributed by atoms with Gasteiger partial charge in [-0.2, -0.15) is 0 Å². The van der Waals surface area contributed by atoms with Crippen molar-refractivity contribution in [1.29, 1.82) is 0 Å². The molecule has 0 saturated heterocycles. The second-order valence-electron chi connectivity index (χ2n) is 8.12. The highest BCUT2D eigenvalue weighted by molar-refractivity contribution is 5.98. The van der Waals surface area contributed by atoms with E-state index in [1.54, 1.807) is 19.9 Å². The molecular formula is C28H23N3O3. The van der Waals surface area contributed by atoms with Gasteiger partial charge in [0.25, 0.3) is 5.91 Å². The molecule has 0 fully saturated rings. The zero-order valence-corrected chi connectivity index (χ0v) is 18.8. The quantitative estimate of drug-likeness (QED) is 0.290. The summed E-state index contributed by atoms with van der Waals surface area (Å²) in [5.41, 5.74) is 3.41. The van der Waals surface area contributed by atoms with Gasteiger partial charge >= 0.3 is 0 Å². The van der Waals surface area contributed by atoms with Gasteiger partial charge in [0.05, 0.1) is 17.1 Å². The van der Waals surface area contributed by atoms with Crippen LogP contribution in [0.5, 0.6) is 5.88 Å². The number of furan rings is 1. The van der Waals surface area contributed by atoms with Gasteiger partial charge in [-0.1, -0.05) is 78.9 Å². The molecule has 34 heavy (non-hydrogen) atoms.